The number of nitrogens with zero attached hydrogens (tertiary/aromatic N) is 5. The molecule has 8 heteroatoms. The van der Waals surface area contributed by atoms with Gasteiger partial charge in [0.25, 0.3) is 5.89 Å². The Balaban J connectivity index is 1.58. The smallest absolute Gasteiger partial charge is 0.322 e. The third-order valence-corrected chi connectivity index (χ3v) is 4.88. The topological polar surface area (TPSA) is 89.1 Å². The largest absolute Gasteiger partial charge is 0.332 e. The van der Waals surface area contributed by atoms with Crippen molar-refractivity contribution in [1.82, 2.24) is 24.8 Å². The Kier molecular flexibility index (Phi) is 4.18. The van der Waals surface area contributed by atoms with Crippen molar-refractivity contribution in [3.8, 4) is 11.6 Å². The molecule has 1 N–H and O–H groups in total. The molecule has 0 radical (unpaired) electrons. The van der Waals surface area contributed by atoms with Gasteiger partial charge in [0.1, 0.15) is 0 Å². The van der Waals surface area contributed by atoms with Gasteiger partial charge in [-0.3, -0.25) is 4.68 Å². The van der Waals surface area contributed by atoms with Crippen molar-refractivity contribution in [2.24, 2.45) is 7.05 Å². The predicted octanol–water partition coefficient (Wildman–Crippen LogP) is 2.99. The van der Waals surface area contributed by atoms with Crippen LogP contribution in [0.2, 0.25) is 0 Å². The second-order valence-electron chi connectivity index (χ2n) is 6.96. The number of fused-ring (bicyclic) bond motifs is 1. The number of hydrogen-bond donors (Lipinski definition) is 1. The number of urea groups is 1. The van der Waals surface area contributed by atoms with Crippen LogP contribution in [0.15, 0.2) is 22.7 Å². The summed E-state index contributed by atoms with van der Waals surface area (Å²) in [6.45, 7) is 6.89. The van der Waals surface area contributed by atoms with E-state index in [1.54, 1.807) is 11.8 Å². The summed E-state index contributed by atoms with van der Waals surface area (Å²) >= 11 is 0. The zero-order valence-corrected chi connectivity index (χ0v) is 15.9. The highest BCUT2D eigenvalue weighted by molar-refractivity contribution is 5.90. The lowest BCUT2D eigenvalue weighted by Crippen LogP contribution is -2.39. The minimum Gasteiger partial charge on any atom is -0.332 e. The predicted molar refractivity (Wildman–Crippen MR) is 100 cm³/mol. The Morgan fingerprint density at radius 2 is 2.07 bits per heavy atom. The summed E-state index contributed by atoms with van der Waals surface area (Å²) in [7, 11) is 1.90. The first-order chi connectivity index (χ1) is 12.9. The van der Waals surface area contributed by atoms with Crippen molar-refractivity contribution >= 4 is 11.7 Å². The molecule has 0 spiro atoms. The van der Waals surface area contributed by atoms with E-state index in [9.17, 15) is 4.79 Å². The van der Waals surface area contributed by atoms with Gasteiger partial charge in [-0.2, -0.15) is 10.1 Å². The molecule has 0 bridgehead atoms. The zero-order chi connectivity index (χ0) is 19.1. The van der Waals surface area contributed by atoms with Crippen molar-refractivity contribution in [2.45, 2.75) is 33.7 Å². The molecule has 0 aliphatic carbocycles. The van der Waals surface area contributed by atoms with Crippen LogP contribution in [0.1, 0.15) is 28.2 Å². The summed E-state index contributed by atoms with van der Waals surface area (Å²) in [6.07, 6.45) is 0.728. The van der Waals surface area contributed by atoms with Crippen LogP contribution in [0.25, 0.3) is 11.6 Å². The average Bonchev–Trinajstić information content (AvgIpc) is 3.20. The van der Waals surface area contributed by atoms with Gasteiger partial charge in [0, 0.05) is 37.0 Å². The lowest BCUT2D eigenvalue weighted by molar-refractivity contribution is 0.206. The maximum Gasteiger partial charge on any atom is 0.322 e. The molecule has 140 valence electrons. The lowest BCUT2D eigenvalue weighted by Gasteiger charge is -2.28. The molecule has 3 heterocycles. The van der Waals surface area contributed by atoms with Crippen molar-refractivity contribution in [3.63, 3.8) is 0 Å². The fraction of sp³-hybridized carbons (Fsp3) is 0.368. The molecule has 4 rings (SSSR count). The molecule has 1 aliphatic rings. The summed E-state index contributed by atoms with van der Waals surface area (Å²) in [5.41, 5.74) is 5.75. The molecule has 0 atom stereocenters. The van der Waals surface area contributed by atoms with E-state index >= 15 is 0 Å². The third-order valence-electron chi connectivity index (χ3n) is 4.88. The minimum absolute atomic E-state index is 0.121. The van der Waals surface area contributed by atoms with Gasteiger partial charge < -0.3 is 14.7 Å². The number of carbonyl (C=O) groups is 1. The van der Waals surface area contributed by atoms with Crippen LogP contribution in [0.4, 0.5) is 10.5 Å². The van der Waals surface area contributed by atoms with Crippen molar-refractivity contribution in [1.29, 1.82) is 0 Å². The third kappa shape index (κ3) is 3.18. The van der Waals surface area contributed by atoms with Crippen LogP contribution in [0, 0.1) is 20.8 Å². The van der Waals surface area contributed by atoms with E-state index in [4.69, 9.17) is 4.52 Å². The number of carbonyl (C=O) groups excluding carboxylic acids is 1. The lowest BCUT2D eigenvalue weighted by atomic mass is 10.1. The summed E-state index contributed by atoms with van der Waals surface area (Å²) in [6, 6.07) is 5.87. The van der Waals surface area contributed by atoms with Gasteiger partial charge in [0.05, 0.1) is 6.54 Å². The van der Waals surface area contributed by atoms with E-state index in [2.05, 4.69) is 26.6 Å². The van der Waals surface area contributed by atoms with Gasteiger partial charge in [-0.05, 0) is 32.4 Å². The molecule has 27 heavy (non-hydrogen) atoms. The van der Waals surface area contributed by atoms with Gasteiger partial charge >= 0.3 is 6.03 Å². The molecule has 2 amide bonds. The summed E-state index contributed by atoms with van der Waals surface area (Å²) < 4.78 is 7.13. The summed E-state index contributed by atoms with van der Waals surface area (Å²) in [4.78, 5) is 18.9. The first kappa shape index (κ1) is 17.3. The molecule has 0 fully saturated rings. The zero-order valence-electron chi connectivity index (χ0n) is 15.9. The first-order valence-electron chi connectivity index (χ1n) is 8.91. The van der Waals surface area contributed by atoms with Gasteiger partial charge in [-0.15, -0.1) is 0 Å². The van der Waals surface area contributed by atoms with E-state index in [0.717, 1.165) is 28.9 Å². The van der Waals surface area contributed by atoms with E-state index in [0.29, 0.717) is 30.5 Å². The highest BCUT2D eigenvalue weighted by atomic mass is 16.5. The quantitative estimate of drug-likeness (QED) is 0.753. The van der Waals surface area contributed by atoms with Gasteiger partial charge in [-0.25, -0.2) is 4.79 Å². The second kappa shape index (κ2) is 6.53. The van der Waals surface area contributed by atoms with Gasteiger partial charge in [0.15, 0.2) is 11.5 Å². The van der Waals surface area contributed by atoms with E-state index in [1.807, 2.05) is 37.7 Å². The Bertz CT molecular complexity index is 1020. The second-order valence-corrected chi connectivity index (χ2v) is 6.96. The fourth-order valence-corrected chi connectivity index (χ4v) is 3.48. The number of amides is 2. The number of anilines is 1. The maximum atomic E-state index is 12.8. The highest BCUT2D eigenvalue weighted by Crippen LogP contribution is 2.29. The van der Waals surface area contributed by atoms with Crippen LogP contribution in [-0.4, -0.2) is 37.4 Å². The Labute approximate surface area is 157 Å². The molecule has 2 aromatic heterocycles. The van der Waals surface area contributed by atoms with E-state index < -0.39 is 0 Å². The van der Waals surface area contributed by atoms with Crippen molar-refractivity contribution < 1.29 is 9.32 Å². The highest BCUT2D eigenvalue weighted by Gasteiger charge is 2.29. The molecule has 3 aromatic rings. The maximum absolute atomic E-state index is 12.8. The number of rotatable bonds is 2. The molecular formula is C19H22N6O2. The molecule has 1 aromatic carbocycles. The number of aryl methyl sites for hydroxylation is 4. The molecule has 0 unspecified atom stereocenters. The van der Waals surface area contributed by atoms with E-state index in [-0.39, 0.29) is 6.03 Å². The average molecular weight is 366 g/mol. The number of aromatic nitrogens is 4. The van der Waals surface area contributed by atoms with Crippen molar-refractivity contribution in [2.75, 3.05) is 11.9 Å². The van der Waals surface area contributed by atoms with Crippen LogP contribution in [0.3, 0.4) is 0 Å². The van der Waals surface area contributed by atoms with Gasteiger partial charge in [0.2, 0.25) is 0 Å². The molecule has 8 nitrogen and oxygen atoms in total. The summed E-state index contributed by atoms with van der Waals surface area (Å²) in [5.74, 6) is 0.950. The molecule has 0 saturated heterocycles. The van der Waals surface area contributed by atoms with Crippen molar-refractivity contribution in [3.05, 3.63) is 46.4 Å². The minimum atomic E-state index is -0.121. The molecule has 1 aliphatic heterocycles. The molecule has 0 saturated carbocycles. The Morgan fingerprint density at radius 1 is 1.26 bits per heavy atom. The van der Waals surface area contributed by atoms with Crippen LogP contribution >= 0.6 is 0 Å². The summed E-state index contributed by atoms with van der Waals surface area (Å²) in [5, 5.41) is 11.4. The normalized spacial score (nSPS) is 13.6. The Morgan fingerprint density at radius 3 is 2.78 bits per heavy atom. The van der Waals surface area contributed by atoms with Crippen LogP contribution in [-0.2, 0) is 20.0 Å². The Hall–Kier alpha value is -3.16. The number of benzene rings is 1. The molecular weight excluding hydrogens is 344 g/mol. The SMILES string of the molecule is Cc1ccc(NC(=O)N2CCc3c(c(-c4nc(C)no4)nn3C)C2)c(C)c1. The van der Waals surface area contributed by atoms with E-state index in [1.165, 1.54) is 5.56 Å². The number of hydrogen-bond acceptors (Lipinski definition) is 5. The van der Waals surface area contributed by atoms with Crippen LogP contribution < -0.4 is 5.32 Å². The standard InChI is InChI=1S/C19H22N6O2/c1-11-5-6-15(12(2)9-11)21-19(26)25-8-7-16-14(10-25)17(22-24(16)4)18-20-13(3)23-27-18/h5-6,9H,7-8,10H2,1-4H3,(H,21,26). The number of nitrogens with one attached hydrogen (secondary N) is 1. The fourth-order valence-electron chi connectivity index (χ4n) is 3.48. The van der Waals surface area contributed by atoms with Gasteiger partial charge in [-0.1, -0.05) is 22.9 Å². The monoisotopic (exact) mass is 366 g/mol. The van der Waals surface area contributed by atoms with Crippen LogP contribution in [0.5, 0.6) is 0 Å². The first-order valence-corrected chi connectivity index (χ1v) is 8.91.